The van der Waals surface area contributed by atoms with Crippen LogP contribution in [0.15, 0.2) is 103 Å². The summed E-state index contributed by atoms with van der Waals surface area (Å²) < 4.78 is 5.93. The number of carbonyl (C=O) groups excluding carboxylic acids is 2. The van der Waals surface area contributed by atoms with Gasteiger partial charge in [0.05, 0.1) is 6.54 Å². The van der Waals surface area contributed by atoms with Gasteiger partial charge in [-0.25, -0.2) is 4.79 Å². The standard InChI is InChI=1S/C35H36N2O5/c1-3-9-33(38)37(28-18-14-25(2)15-19-28)22-23-42-29-20-16-26(17-21-29)24-32(35(40)41)36-31-13-8-7-12-30(31)34(39)27-10-5-4-6-11-27/h4-8,10-21,32,36H,3,9,22-24H2,1-2H3,(H,40,41). The van der Waals surface area contributed by atoms with E-state index in [0.29, 0.717) is 42.1 Å². The van der Waals surface area contributed by atoms with Gasteiger partial charge in [-0.05, 0) is 55.3 Å². The van der Waals surface area contributed by atoms with Crippen LogP contribution in [0, 0.1) is 6.92 Å². The normalized spacial score (nSPS) is 11.4. The highest BCUT2D eigenvalue weighted by Gasteiger charge is 2.21. The van der Waals surface area contributed by atoms with Crippen LogP contribution in [0.5, 0.6) is 5.75 Å². The van der Waals surface area contributed by atoms with E-state index < -0.39 is 12.0 Å². The number of nitrogens with zero attached hydrogens (tertiary/aromatic N) is 1. The second-order valence-electron chi connectivity index (χ2n) is 10.1. The number of carbonyl (C=O) groups is 3. The van der Waals surface area contributed by atoms with Crippen LogP contribution in [0.3, 0.4) is 0 Å². The first kappa shape index (κ1) is 30.1. The molecular weight excluding hydrogens is 528 g/mol. The summed E-state index contributed by atoms with van der Waals surface area (Å²) >= 11 is 0. The molecule has 216 valence electrons. The molecule has 1 unspecified atom stereocenters. The number of aliphatic carboxylic acids is 1. The number of nitrogens with one attached hydrogen (secondary N) is 1. The van der Waals surface area contributed by atoms with Crippen molar-refractivity contribution in [3.05, 3.63) is 125 Å². The zero-order valence-corrected chi connectivity index (χ0v) is 24.0. The van der Waals surface area contributed by atoms with Crippen molar-refractivity contribution < 1.29 is 24.2 Å². The van der Waals surface area contributed by atoms with E-state index in [1.54, 1.807) is 65.6 Å². The molecule has 0 aliphatic rings. The first-order chi connectivity index (χ1) is 20.4. The SMILES string of the molecule is CCCC(=O)N(CCOc1ccc(CC(Nc2ccccc2C(=O)c2ccccc2)C(=O)O)cc1)c1ccc(C)cc1. The minimum absolute atomic E-state index is 0.0551. The topological polar surface area (TPSA) is 95.9 Å². The van der Waals surface area contributed by atoms with Gasteiger partial charge in [-0.1, -0.05) is 79.2 Å². The number of anilines is 2. The number of aryl methyl sites for hydroxylation is 1. The Morgan fingerprint density at radius 3 is 2.19 bits per heavy atom. The molecule has 0 radical (unpaired) electrons. The van der Waals surface area contributed by atoms with E-state index in [4.69, 9.17) is 4.74 Å². The first-order valence-electron chi connectivity index (χ1n) is 14.1. The Morgan fingerprint density at radius 1 is 0.857 bits per heavy atom. The fourth-order valence-electron chi connectivity index (χ4n) is 4.62. The van der Waals surface area contributed by atoms with Crippen molar-refractivity contribution in [1.29, 1.82) is 0 Å². The molecule has 1 atom stereocenters. The Hall–Kier alpha value is -4.91. The molecule has 0 heterocycles. The van der Waals surface area contributed by atoms with E-state index in [2.05, 4.69) is 5.32 Å². The number of amides is 1. The van der Waals surface area contributed by atoms with Crippen LogP contribution in [0.1, 0.15) is 46.8 Å². The molecule has 0 aliphatic carbocycles. The largest absolute Gasteiger partial charge is 0.492 e. The molecule has 0 aromatic heterocycles. The number of ether oxygens (including phenoxy) is 1. The molecule has 0 saturated carbocycles. The molecule has 0 fully saturated rings. The maximum Gasteiger partial charge on any atom is 0.326 e. The number of para-hydroxylation sites is 1. The highest BCUT2D eigenvalue weighted by atomic mass is 16.5. The molecule has 0 saturated heterocycles. The second kappa shape index (κ2) is 14.6. The van der Waals surface area contributed by atoms with Crippen molar-refractivity contribution >= 4 is 29.0 Å². The average molecular weight is 565 g/mol. The molecule has 7 nitrogen and oxygen atoms in total. The van der Waals surface area contributed by atoms with Crippen LogP contribution in [0.25, 0.3) is 0 Å². The first-order valence-corrected chi connectivity index (χ1v) is 14.1. The fourth-order valence-corrected chi connectivity index (χ4v) is 4.62. The summed E-state index contributed by atoms with van der Waals surface area (Å²) in [4.78, 5) is 39.7. The van der Waals surface area contributed by atoms with E-state index >= 15 is 0 Å². The number of rotatable bonds is 14. The Labute approximate surface area is 246 Å². The number of benzene rings is 4. The molecule has 4 aromatic carbocycles. The predicted octanol–water partition coefficient (Wildman–Crippen LogP) is 6.55. The molecule has 4 aromatic rings. The number of carboxylic acid groups (broad SMARTS) is 1. The quantitative estimate of drug-likeness (QED) is 0.169. The lowest BCUT2D eigenvalue weighted by molar-refractivity contribution is -0.137. The number of hydrogen-bond donors (Lipinski definition) is 2. The molecular formula is C35H36N2O5. The summed E-state index contributed by atoms with van der Waals surface area (Å²) in [6.45, 7) is 4.72. The van der Waals surface area contributed by atoms with Crippen molar-refractivity contribution in [1.82, 2.24) is 0 Å². The van der Waals surface area contributed by atoms with E-state index in [1.807, 2.05) is 56.3 Å². The van der Waals surface area contributed by atoms with Crippen LogP contribution in [0.4, 0.5) is 11.4 Å². The van der Waals surface area contributed by atoms with Gasteiger partial charge >= 0.3 is 5.97 Å². The van der Waals surface area contributed by atoms with Crippen molar-refractivity contribution in [2.45, 2.75) is 39.2 Å². The van der Waals surface area contributed by atoms with Gasteiger partial charge in [0.15, 0.2) is 5.78 Å². The fraction of sp³-hybridized carbons (Fsp3) is 0.229. The van der Waals surface area contributed by atoms with Crippen LogP contribution < -0.4 is 15.0 Å². The molecule has 2 N–H and O–H groups in total. The van der Waals surface area contributed by atoms with Crippen LogP contribution in [-0.2, 0) is 16.0 Å². The Kier molecular flexibility index (Phi) is 10.5. The zero-order valence-electron chi connectivity index (χ0n) is 24.0. The number of hydrogen-bond acceptors (Lipinski definition) is 5. The minimum Gasteiger partial charge on any atom is -0.492 e. The van der Waals surface area contributed by atoms with Crippen molar-refractivity contribution in [3.63, 3.8) is 0 Å². The lowest BCUT2D eigenvalue weighted by Gasteiger charge is -2.23. The third kappa shape index (κ3) is 8.07. The van der Waals surface area contributed by atoms with E-state index in [-0.39, 0.29) is 18.1 Å². The molecule has 0 aliphatic heterocycles. The van der Waals surface area contributed by atoms with Gasteiger partial charge in [-0.15, -0.1) is 0 Å². The summed E-state index contributed by atoms with van der Waals surface area (Å²) in [6.07, 6.45) is 1.44. The van der Waals surface area contributed by atoms with Gasteiger partial charge in [0.1, 0.15) is 18.4 Å². The molecule has 0 spiro atoms. The third-order valence-electron chi connectivity index (χ3n) is 6.89. The Morgan fingerprint density at radius 2 is 1.52 bits per heavy atom. The second-order valence-corrected chi connectivity index (χ2v) is 10.1. The summed E-state index contributed by atoms with van der Waals surface area (Å²) in [5.74, 6) is -0.518. The number of ketones is 1. The van der Waals surface area contributed by atoms with E-state index in [0.717, 1.165) is 23.2 Å². The Bertz CT molecular complexity index is 1480. The van der Waals surface area contributed by atoms with Crippen LogP contribution >= 0.6 is 0 Å². The molecule has 42 heavy (non-hydrogen) atoms. The van der Waals surface area contributed by atoms with Gasteiger partial charge in [0.25, 0.3) is 0 Å². The molecule has 4 rings (SSSR count). The van der Waals surface area contributed by atoms with E-state index in [9.17, 15) is 19.5 Å². The summed E-state index contributed by atoms with van der Waals surface area (Å²) in [7, 11) is 0. The van der Waals surface area contributed by atoms with Gasteiger partial charge < -0.3 is 20.1 Å². The van der Waals surface area contributed by atoms with Gasteiger partial charge in [-0.3, -0.25) is 9.59 Å². The summed E-state index contributed by atoms with van der Waals surface area (Å²) in [6, 6.07) is 30.0. The molecule has 0 bridgehead atoms. The summed E-state index contributed by atoms with van der Waals surface area (Å²) in [5.41, 5.74) is 4.19. The third-order valence-corrected chi connectivity index (χ3v) is 6.89. The minimum atomic E-state index is -1.02. The Balaban J connectivity index is 1.38. The number of carboxylic acids is 1. The smallest absolute Gasteiger partial charge is 0.326 e. The van der Waals surface area contributed by atoms with Crippen molar-refractivity contribution in [3.8, 4) is 5.75 Å². The molecule has 7 heteroatoms. The van der Waals surface area contributed by atoms with Crippen LogP contribution in [-0.4, -0.2) is 42.0 Å². The van der Waals surface area contributed by atoms with Gasteiger partial charge in [-0.2, -0.15) is 0 Å². The van der Waals surface area contributed by atoms with Gasteiger partial charge in [0.2, 0.25) is 5.91 Å². The lowest BCUT2D eigenvalue weighted by atomic mass is 10.00. The maximum atomic E-state index is 13.1. The van der Waals surface area contributed by atoms with Gasteiger partial charge in [0, 0.05) is 35.3 Å². The maximum absolute atomic E-state index is 13.1. The average Bonchev–Trinajstić information content (AvgIpc) is 3.01. The van der Waals surface area contributed by atoms with Crippen molar-refractivity contribution in [2.24, 2.45) is 0 Å². The van der Waals surface area contributed by atoms with E-state index in [1.165, 1.54) is 0 Å². The highest BCUT2D eigenvalue weighted by molar-refractivity contribution is 6.12. The van der Waals surface area contributed by atoms with Crippen LogP contribution in [0.2, 0.25) is 0 Å². The summed E-state index contributed by atoms with van der Waals surface area (Å²) in [5, 5.41) is 13.0. The zero-order chi connectivity index (χ0) is 29.9. The predicted molar refractivity (Wildman–Crippen MR) is 165 cm³/mol. The highest BCUT2D eigenvalue weighted by Crippen LogP contribution is 2.22. The lowest BCUT2D eigenvalue weighted by Crippen LogP contribution is -2.34. The van der Waals surface area contributed by atoms with Crippen molar-refractivity contribution in [2.75, 3.05) is 23.4 Å². The monoisotopic (exact) mass is 564 g/mol. The molecule has 1 amide bonds.